The van der Waals surface area contributed by atoms with E-state index in [1.54, 1.807) is 6.92 Å². The Morgan fingerprint density at radius 3 is 2.52 bits per heavy atom. The number of hydrogen-bond acceptors (Lipinski definition) is 10. The van der Waals surface area contributed by atoms with Crippen LogP contribution in [0, 0.1) is 5.41 Å². The first kappa shape index (κ1) is 23.0. The molecule has 2 aliphatic rings. The second-order valence-corrected chi connectivity index (χ2v) is 11.2. The third-order valence-electron chi connectivity index (χ3n) is 3.90. The number of aliphatic imine (C=N–C) groups is 1. The van der Waals surface area contributed by atoms with E-state index in [9.17, 15) is 21.6 Å². The molecule has 2 aliphatic heterocycles. The Kier molecular flexibility index (Phi) is 6.25. The lowest BCUT2D eigenvalue weighted by Gasteiger charge is -2.20. The Morgan fingerprint density at radius 2 is 1.90 bits per heavy atom. The van der Waals surface area contributed by atoms with Crippen molar-refractivity contribution in [3.63, 3.8) is 0 Å². The summed E-state index contributed by atoms with van der Waals surface area (Å²) in [5, 5.41) is 13.2. The predicted octanol–water partition coefficient (Wildman–Crippen LogP) is 1.44. The summed E-state index contributed by atoms with van der Waals surface area (Å²) in [7, 11) is -7.40. The summed E-state index contributed by atoms with van der Waals surface area (Å²) in [5.41, 5.74) is 0.288. The van der Waals surface area contributed by atoms with E-state index in [-0.39, 0.29) is 44.8 Å². The Labute approximate surface area is 183 Å². The number of carbonyl (C=O) groups excluding carboxylic acids is 1. The van der Waals surface area contributed by atoms with Gasteiger partial charge in [-0.1, -0.05) is 13.0 Å². The Bertz CT molecular complexity index is 1260. The lowest BCUT2D eigenvalue weighted by molar-refractivity contribution is -0.114. The largest absolute Gasteiger partial charge is 0.490 e. The van der Waals surface area contributed by atoms with E-state index in [4.69, 9.17) is 14.3 Å². The Morgan fingerprint density at radius 1 is 1.19 bits per heavy atom. The van der Waals surface area contributed by atoms with Gasteiger partial charge < -0.3 is 8.92 Å². The van der Waals surface area contributed by atoms with Gasteiger partial charge in [-0.2, -0.15) is 18.4 Å². The average molecular weight is 487 g/mol. The maximum atomic E-state index is 12.5. The zero-order chi connectivity index (χ0) is 23.0. The Balaban J connectivity index is 1.98. The molecule has 3 rings (SSSR count). The zero-order valence-electron chi connectivity index (χ0n) is 16.6. The fourth-order valence-corrected chi connectivity index (χ4v) is 5.13. The summed E-state index contributed by atoms with van der Waals surface area (Å²) in [6.07, 6.45) is 2.25. The number of rotatable bonds is 6. The van der Waals surface area contributed by atoms with Crippen LogP contribution in [0.4, 0.5) is 0 Å². The fourth-order valence-electron chi connectivity index (χ4n) is 2.51. The maximum absolute atomic E-state index is 12.5. The third kappa shape index (κ3) is 4.97. The van der Waals surface area contributed by atoms with Gasteiger partial charge >= 0.3 is 10.1 Å². The van der Waals surface area contributed by atoms with Crippen molar-refractivity contribution in [1.29, 1.82) is 5.41 Å². The van der Waals surface area contributed by atoms with Crippen molar-refractivity contribution >= 4 is 59.1 Å². The molecule has 0 fully saturated rings. The molecular formula is C17H18N4O7S3. The molecule has 31 heavy (non-hydrogen) atoms. The summed E-state index contributed by atoms with van der Waals surface area (Å²) in [5.74, 6) is -1.13. The van der Waals surface area contributed by atoms with E-state index >= 15 is 0 Å². The second-order valence-electron chi connectivity index (χ2n) is 6.22. The number of ether oxygens (including phenoxy) is 1. The number of amides is 1. The normalized spacial score (nSPS) is 18.0. The van der Waals surface area contributed by atoms with Crippen molar-refractivity contribution in [3.8, 4) is 11.5 Å². The standard InChI is InChI=1S/C17H18N4O7S3/c1-4-27-13-9-10(6-7-12(13)28-30(3,23)24)8-11-14(18)21-16(19-15(11)22)29-17(20-21)31(25,26)5-2/h6-9,18H,4-5H2,1-3H3/b11-8+,18-14?. The molecule has 166 valence electrons. The van der Waals surface area contributed by atoms with E-state index in [0.717, 1.165) is 11.3 Å². The lowest BCUT2D eigenvalue weighted by Crippen LogP contribution is -2.35. The molecule has 0 unspecified atom stereocenters. The highest BCUT2D eigenvalue weighted by molar-refractivity contribution is 8.42. The Hall–Kier alpha value is -2.71. The van der Waals surface area contributed by atoms with Crippen LogP contribution in [0.25, 0.3) is 6.08 Å². The number of fused-ring (bicyclic) bond motifs is 1. The van der Waals surface area contributed by atoms with Gasteiger partial charge in [-0.15, -0.1) is 5.10 Å². The van der Waals surface area contributed by atoms with Gasteiger partial charge in [0.2, 0.25) is 19.4 Å². The van der Waals surface area contributed by atoms with E-state index < -0.39 is 25.9 Å². The van der Waals surface area contributed by atoms with Crippen LogP contribution in [0.2, 0.25) is 0 Å². The van der Waals surface area contributed by atoms with Gasteiger partial charge in [-0.3, -0.25) is 10.2 Å². The summed E-state index contributed by atoms with van der Waals surface area (Å²) < 4.78 is 57.1. The molecule has 0 saturated carbocycles. The highest BCUT2D eigenvalue weighted by Gasteiger charge is 2.39. The first-order chi connectivity index (χ1) is 14.4. The van der Waals surface area contributed by atoms with Gasteiger partial charge in [0.05, 0.1) is 24.2 Å². The van der Waals surface area contributed by atoms with Crippen LogP contribution in [-0.2, 0) is 24.7 Å². The minimum atomic E-state index is -3.78. The second kappa shape index (κ2) is 8.43. The fraction of sp³-hybridized carbons (Fsp3) is 0.294. The third-order valence-corrected chi connectivity index (χ3v) is 7.47. The van der Waals surface area contributed by atoms with E-state index in [0.29, 0.717) is 17.3 Å². The van der Waals surface area contributed by atoms with Crippen molar-refractivity contribution in [1.82, 2.24) is 5.01 Å². The molecule has 14 heteroatoms. The number of carbonyl (C=O) groups is 1. The molecule has 11 nitrogen and oxygen atoms in total. The van der Waals surface area contributed by atoms with Crippen LogP contribution in [-0.4, -0.2) is 61.7 Å². The van der Waals surface area contributed by atoms with Crippen LogP contribution < -0.4 is 8.92 Å². The number of hydrogen-bond donors (Lipinski definition) is 1. The van der Waals surface area contributed by atoms with Crippen molar-refractivity contribution in [2.24, 2.45) is 10.1 Å². The molecular weight excluding hydrogens is 468 g/mol. The number of benzene rings is 1. The molecule has 0 bridgehead atoms. The topological polar surface area (TPSA) is 156 Å². The number of sulfone groups is 1. The zero-order valence-corrected chi connectivity index (χ0v) is 19.1. The highest BCUT2D eigenvalue weighted by atomic mass is 32.3. The van der Waals surface area contributed by atoms with Gasteiger partial charge in [-0.05, 0) is 42.5 Å². The van der Waals surface area contributed by atoms with Gasteiger partial charge in [0.1, 0.15) is 0 Å². The summed E-state index contributed by atoms with van der Waals surface area (Å²) in [6, 6.07) is 4.29. The quantitative estimate of drug-likeness (QED) is 0.464. The maximum Gasteiger partial charge on any atom is 0.306 e. The van der Waals surface area contributed by atoms with Gasteiger partial charge in [0.15, 0.2) is 17.3 Å². The van der Waals surface area contributed by atoms with Crippen LogP contribution in [0.3, 0.4) is 0 Å². The average Bonchev–Trinajstić information content (AvgIpc) is 3.11. The van der Waals surface area contributed by atoms with Crippen molar-refractivity contribution in [2.45, 2.75) is 13.8 Å². The summed E-state index contributed by atoms with van der Waals surface area (Å²) in [4.78, 5) is 16.3. The predicted molar refractivity (Wildman–Crippen MR) is 118 cm³/mol. The molecule has 0 atom stereocenters. The molecule has 1 amide bonds. The van der Waals surface area contributed by atoms with Crippen LogP contribution in [0.1, 0.15) is 19.4 Å². The molecule has 2 heterocycles. The van der Waals surface area contributed by atoms with Crippen molar-refractivity contribution in [2.75, 3.05) is 18.6 Å². The monoisotopic (exact) mass is 486 g/mol. The van der Waals surface area contributed by atoms with Gasteiger partial charge in [0, 0.05) is 0 Å². The van der Waals surface area contributed by atoms with E-state index in [1.165, 1.54) is 31.2 Å². The minimum absolute atomic E-state index is 0.00826. The number of nitrogens with one attached hydrogen (secondary N) is 1. The van der Waals surface area contributed by atoms with Crippen LogP contribution in [0.5, 0.6) is 11.5 Å². The number of thioether (sulfide) groups is 1. The van der Waals surface area contributed by atoms with Gasteiger partial charge in [-0.25, -0.2) is 8.42 Å². The number of amidine groups is 2. The SMILES string of the molecule is CCOc1cc(/C=C2\C(=N)N3N=C(S(=O)(=O)CC)SC3=NC2=O)ccc1OS(C)(=O)=O. The van der Waals surface area contributed by atoms with Crippen molar-refractivity contribution in [3.05, 3.63) is 29.3 Å². The molecule has 0 spiro atoms. The highest BCUT2D eigenvalue weighted by Crippen LogP contribution is 2.33. The van der Waals surface area contributed by atoms with Crippen molar-refractivity contribution < 1.29 is 30.6 Å². The lowest BCUT2D eigenvalue weighted by atomic mass is 10.1. The molecule has 0 radical (unpaired) electrons. The first-order valence-electron chi connectivity index (χ1n) is 8.84. The molecule has 1 aromatic rings. The molecule has 1 aromatic carbocycles. The van der Waals surface area contributed by atoms with E-state index in [2.05, 4.69) is 10.1 Å². The molecule has 0 aromatic heterocycles. The summed E-state index contributed by atoms with van der Waals surface area (Å²) in [6.45, 7) is 3.40. The minimum Gasteiger partial charge on any atom is -0.490 e. The molecule has 0 aliphatic carbocycles. The molecule has 1 N–H and O–H groups in total. The smallest absolute Gasteiger partial charge is 0.306 e. The van der Waals surface area contributed by atoms with Crippen LogP contribution >= 0.6 is 11.8 Å². The van der Waals surface area contributed by atoms with Gasteiger partial charge in [0.25, 0.3) is 5.91 Å². The first-order valence-corrected chi connectivity index (χ1v) is 13.1. The van der Waals surface area contributed by atoms with E-state index in [1.807, 2.05) is 0 Å². The van der Waals surface area contributed by atoms with Crippen LogP contribution in [0.15, 0.2) is 33.9 Å². The summed E-state index contributed by atoms with van der Waals surface area (Å²) >= 11 is 0.714. The number of hydrazone groups is 1. The number of nitrogens with zero attached hydrogens (tertiary/aromatic N) is 3. The molecule has 0 saturated heterocycles.